The molecule has 0 bridgehead atoms. The van der Waals surface area contributed by atoms with Crippen molar-refractivity contribution in [3.8, 4) is 0 Å². The molecule has 0 saturated heterocycles. The van der Waals surface area contributed by atoms with E-state index >= 15 is 0 Å². The van der Waals surface area contributed by atoms with Crippen LogP contribution in [0.2, 0.25) is 0 Å². The third-order valence-electron chi connectivity index (χ3n) is 2.59. The van der Waals surface area contributed by atoms with Gasteiger partial charge in [0.1, 0.15) is 0 Å². The largest absolute Gasteiger partial charge is 0.481 e. The van der Waals surface area contributed by atoms with Crippen molar-refractivity contribution in [2.24, 2.45) is 5.92 Å². The molecule has 1 aromatic heterocycles. The summed E-state index contributed by atoms with van der Waals surface area (Å²) in [5.74, 6) is 0.0950. The number of aromatic nitrogens is 1. The minimum atomic E-state index is -0.701. The first-order chi connectivity index (χ1) is 6.66. The molecule has 2 rings (SSSR count). The van der Waals surface area contributed by atoms with E-state index in [1.165, 1.54) is 12.8 Å². The highest BCUT2D eigenvalue weighted by atomic mass is 32.1. The fourth-order valence-corrected chi connectivity index (χ4v) is 2.71. The third kappa shape index (κ3) is 2.12. The highest BCUT2D eigenvalue weighted by molar-refractivity contribution is 7.11. The smallest absolute Gasteiger partial charge is 0.304 e. The molecule has 1 heterocycles. The van der Waals surface area contributed by atoms with E-state index in [1.54, 1.807) is 11.3 Å². The van der Waals surface area contributed by atoms with Crippen molar-refractivity contribution in [1.29, 1.82) is 0 Å². The van der Waals surface area contributed by atoms with Gasteiger partial charge < -0.3 is 5.11 Å². The molecule has 0 radical (unpaired) electrons. The summed E-state index contributed by atoms with van der Waals surface area (Å²) in [5.41, 5.74) is 0. The Kier molecular flexibility index (Phi) is 2.54. The van der Waals surface area contributed by atoms with Crippen molar-refractivity contribution in [3.05, 3.63) is 16.1 Å². The molecule has 1 atom stereocenters. The van der Waals surface area contributed by atoms with Crippen LogP contribution in [-0.2, 0) is 4.79 Å². The summed E-state index contributed by atoms with van der Waals surface area (Å²) < 4.78 is 0. The lowest BCUT2D eigenvalue weighted by molar-refractivity contribution is -0.137. The molecule has 14 heavy (non-hydrogen) atoms. The van der Waals surface area contributed by atoms with Gasteiger partial charge in [-0.3, -0.25) is 4.79 Å². The molecule has 1 aromatic rings. The van der Waals surface area contributed by atoms with Crippen molar-refractivity contribution in [2.75, 3.05) is 0 Å². The number of carboxylic acid groups (broad SMARTS) is 1. The van der Waals surface area contributed by atoms with E-state index in [4.69, 9.17) is 5.11 Å². The highest BCUT2D eigenvalue weighted by Crippen LogP contribution is 2.45. The summed E-state index contributed by atoms with van der Waals surface area (Å²) in [7, 11) is 0. The van der Waals surface area contributed by atoms with E-state index in [0.29, 0.717) is 5.92 Å². The number of hydrogen-bond acceptors (Lipinski definition) is 3. The first-order valence-corrected chi connectivity index (χ1v) is 5.62. The standard InChI is InChI=1S/C10H13NO2S/c1-6-11-5-9(14-6)8(4-10(12)13)7-2-3-7/h5,7-8H,2-4H2,1H3,(H,12,13)/t8-/m0/s1. The van der Waals surface area contributed by atoms with E-state index in [-0.39, 0.29) is 12.3 Å². The fourth-order valence-electron chi connectivity index (χ4n) is 1.74. The molecule has 1 aliphatic carbocycles. The number of aryl methyl sites for hydroxylation is 1. The van der Waals surface area contributed by atoms with Crippen LogP contribution in [-0.4, -0.2) is 16.1 Å². The van der Waals surface area contributed by atoms with Gasteiger partial charge in [0.25, 0.3) is 0 Å². The van der Waals surface area contributed by atoms with Gasteiger partial charge >= 0.3 is 5.97 Å². The third-order valence-corrected chi connectivity index (χ3v) is 3.63. The quantitative estimate of drug-likeness (QED) is 0.832. The molecule has 0 unspecified atom stereocenters. The van der Waals surface area contributed by atoms with Gasteiger partial charge in [0.05, 0.1) is 11.4 Å². The van der Waals surface area contributed by atoms with Gasteiger partial charge in [-0.15, -0.1) is 11.3 Å². The average molecular weight is 211 g/mol. The Hall–Kier alpha value is -0.900. The molecule has 1 fully saturated rings. The second-order valence-corrected chi connectivity index (χ2v) is 5.09. The van der Waals surface area contributed by atoms with Crippen LogP contribution in [0.25, 0.3) is 0 Å². The molecule has 0 aliphatic heterocycles. The number of thiazole rings is 1. The zero-order valence-corrected chi connectivity index (χ0v) is 8.88. The van der Waals surface area contributed by atoms with E-state index in [9.17, 15) is 4.79 Å². The van der Waals surface area contributed by atoms with Crippen molar-refractivity contribution in [3.63, 3.8) is 0 Å². The van der Waals surface area contributed by atoms with Crippen LogP contribution < -0.4 is 0 Å². The number of carbonyl (C=O) groups is 1. The predicted octanol–water partition coefficient (Wildman–Crippen LogP) is 2.42. The summed E-state index contributed by atoms with van der Waals surface area (Å²) in [6, 6.07) is 0. The molecular weight excluding hydrogens is 198 g/mol. The summed E-state index contributed by atoms with van der Waals surface area (Å²) in [6.07, 6.45) is 4.45. The molecule has 3 nitrogen and oxygen atoms in total. The lowest BCUT2D eigenvalue weighted by Crippen LogP contribution is -2.06. The van der Waals surface area contributed by atoms with Crippen molar-refractivity contribution < 1.29 is 9.90 Å². The molecule has 4 heteroatoms. The van der Waals surface area contributed by atoms with Gasteiger partial charge in [0.2, 0.25) is 0 Å². The Morgan fingerprint density at radius 3 is 2.93 bits per heavy atom. The van der Waals surface area contributed by atoms with Crippen molar-refractivity contribution >= 4 is 17.3 Å². The van der Waals surface area contributed by atoms with Gasteiger partial charge in [-0.1, -0.05) is 0 Å². The minimum Gasteiger partial charge on any atom is -0.481 e. The molecule has 0 amide bonds. The maximum atomic E-state index is 10.7. The molecule has 1 N–H and O–H groups in total. The van der Waals surface area contributed by atoms with E-state index in [0.717, 1.165) is 9.88 Å². The summed E-state index contributed by atoms with van der Waals surface area (Å²) in [6.45, 7) is 1.96. The first kappa shape index (κ1) is 9.65. The van der Waals surface area contributed by atoms with E-state index in [1.807, 2.05) is 13.1 Å². The Balaban J connectivity index is 2.13. The molecule has 1 aliphatic rings. The average Bonchev–Trinajstić information content (AvgIpc) is 2.85. The number of hydrogen-bond donors (Lipinski definition) is 1. The number of carboxylic acids is 1. The number of rotatable bonds is 4. The number of aliphatic carboxylic acids is 1. The van der Waals surface area contributed by atoms with Crippen molar-refractivity contribution in [1.82, 2.24) is 4.98 Å². The Labute approximate surface area is 86.8 Å². The SMILES string of the molecule is Cc1ncc([C@@H](CC(=O)O)C2CC2)s1. The highest BCUT2D eigenvalue weighted by Gasteiger charge is 2.34. The van der Waals surface area contributed by atoms with Gasteiger partial charge in [-0.05, 0) is 25.7 Å². The van der Waals surface area contributed by atoms with Gasteiger partial charge in [-0.2, -0.15) is 0 Å². The van der Waals surface area contributed by atoms with Crippen LogP contribution in [0.15, 0.2) is 6.20 Å². The van der Waals surface area contributed by atoms with Gasteiger partial charge in [0.15, 0.2) is 0 Å². The second kappa shape index (κ2) is 3.69. The van der Waals surface area contributed by atoms with Crippen LogP contribution in [0.5, 0.6) is 0 Å². The minimum absolute atomic E-state index is 0.207. The maximum Gasteiger partial charge on any atom is 0.304 e. The predicted molar refractivity (Wildman–Crippen MR) is 54.6 cm³/mol. The van der Waals surface area contributed by atoms with Crippen LogP contribution in [0, 0.1) is 12.8 Å². The molecule has 0 spiro atoms. The van der Waals surface area contributed by atoms with E-state index in [2.05, 4.69) is 4.98 Å². The Morgan fingerprint density at radius 2 is 2.50 bits per heavy atom. The second-order valence-electron chi connectivity index (χ2n) is 3.82. The van der Waals surface area contributed by atoms with Crippen LogP contribution in [0.4, 0.5) is 0 Å². The zero-order chi connectivity index (χ0) is 10.1. The summed E-state index contributed by atoms with van der Waals surface area (Å²) in [5, 5.41) is 9.84. The topological polar surface area (TPSA) is 50.2 Å². The lowest BCUT2D eigenvalue weighted by Gasteiger charge is -2.10. The van der Waals surface area contributed by atoms with Crippen molar-refractivity contribution in [2.45, 2.75) is 32.1 Å². The van der Waals surface area contributed by atoms with Crippen LogP contribution in [0.1, 0.15) is 35.1 Å². The Bertz CT molecular complexity index is 344. The summed E-state index contributed by atoms with van der Waals surface area (Å²) >= 11 is 1.63. The molecule has 76 valence electrons. The first-order valence-electron chi connectivity index (χ1n) is 4.81. The summed E-state index contributed by atoms with van der Waals surface area (Å²) in [4.78, 5) is 16.0. The Morgan fingerprint density at radius 1 is 1.79 bits per heavy atom. The normalized spacial score (nSPS) is 18.1. The van der Waals surface area contributed by atoms with Crippen LogP contribution >= 0.6 is 11.3 Å². The van der Waals surface area contributed by atoms with Gasteiger partial charge in [-0.25, -0.2) is 4.98 Å². The monoisotopic (exact) mass is 211 g/mol. The zero-order valence-electron chi connectivity index (χ0n) is 8.06. The van der Waals surface area contributed by atoms with E-state index < -0.39 is 5.97 Å². The number of nitrogens with zero attached hydrogens (tertiary/aromatic N) is 1. The molecule has 1 saturated carbocycles. The van der Waals surface area contributed by atoms with Crippen LogP contribution in [0.3, 0.4) is 0 Å². The molecular formula is C10H13NO2S. The van der Waals surface area contributed by atoms with Gasteiger partial charge in [0, 0.05) is 17.0 Å². The fraction of sp³-hybridized carbons (Fsp3) is 0.600. The molecule has 0 aromatic carbocycles. The maximum absolute atomic E-state index is 10.7. The lowest BCUT2D eigenvalue weighted by atomic mass is 9.99.